The highest BCUT2D eigenvalue weighted by Gasteiger charge is 2.33. The minimum atomic E-state index is -0.416. The summed E-state index contributed by atoms with van der Waals surface area (Å²) in [6, 6.07) is 14.0. The van der Waals surface area contributed by atoms with Gasteiger partial charge in [0.2, 0.25) is 0 Å². The van der Waals surface area contributed by atoms with Crippen molar-refractivity contribution in [3.8, 4) is 11.1 Å². The van der Waals surface area contributed by atoms with E-state index in [0.717, 1.165) is 30.4 Å². The lowest BCUT2D eigenvalue weighted by atomic mass is 9.75. The Balaban J connectivity index is 1.78. The van der Waals surface area contributed by atoms with E-state index in [9.17, 15) is 14.0 Å². The van der Waals surface area contributed by atoms with Crippen LogP contribution in [0.1, 0.15) is 52.5 Å². The van der Waals surface area contributed by atoms with E-state index in [1.807, 2.05) is 36.4 Å². The Morgan fingerprint density at radius 3 is 2.48 bits per heavy atom. The number of carbonyl (C=O) groups is 1. The summed E-state index contributed by atoms with van der Waals surface area (Å²) < 4.78 is 15.0. The second-order valence-corrected chi connectivity index (χ2v) is 8.48. The van der Waals surface area contributed by atoms with Crippen molar-refractivity contribution in [1.82, 2.24) is 10.3 Å². The first-order valence-electron chi connectivity index (χ1n) is 10.4. The van der Waals surface area contributed by atoms with Crippen LogP contribution in [0.4, 0.5) is 4.39 Å². The molecule has 1 aromatic heterocycles. The van der Waals surface area contributed by atoms with E-state index in [1.54, 1.807) is 19.9 Å². The van der Waals surface area contributed by atoms with Gasteiger partial charge in [0.05, 0.1) is 11.6 Å². The first-order valence-corrected chi connectivity index (χ1v) is 10.8. The molecule has 2 aromatic carbocycles. The molecule has 0 unspecified atom stereocenters. The number of H-pyrrole nitrogens is 1. The third-order valence-corrected chi connectivity index (χ3v) is 6.61. The molecule has 2 N–H and O–H groups in total. The summed E-state index contributed by atoms with van der Waals surface area (Å²) >= 11 is 6.11. The van der Waals surface area contributed by atoms with Crippen LogP contribution in [0.3, 0.4) is 0 Å². The Labute approximate surface area is 185 Å². The fraction of sp³-hybridized carbons (Fsp3) is 0.280. The first kappa shape index (κ1) is 21.3. The molecule has 1 aliphatic rings. The summed E-state index contributed by atoms with van der Waals surface area (Å²) in [5.41, 5.74) is 2.87. The van der Waals surface area contributed by atoms with Crippen LogP contribution >= 0.6 is 11.6 Å². The number of aromatic nitrogens is 1. The molecule has 0 aliphatic heterocycles. The third kappa shape index (κ3) is 4.02. The van der Waals surface area contributed by atoms with E-state index in [0.29, 0.717) is 22.4 Å². The molecule has 1 amide bonds. The van der Waals surface area contributed by atoms with Gasteiger partial charge >= 0.3 is 0 Å². The van der Waals surface area contributed by atoms with Crippen LogP contribution in [0.15, 0.2) is 53.3 Å². The van der Waals surface area contributed by atoms with Crippen molar-refractivity contribution in [1.29, 1.82) is 0 Å². The Morgan fingerprint density at radius 2 is 1.84 bits per heavy atom. The second kappa shape index (κ2) is 8.67. The van der Waals surface area contributed by atoms with Gasteiger partial charge in [-0.2, -0.15) is 0 Å². The smallest absolute Gasteiger partial charge is 0.267 e. The predicted octanol–water partition coefficient (Wildman–Crippen LogP) is 5.72. The summed E-state index contributed by atoms with van der Waals surface area (Å²) in [6.45, 7) is 3.34. The van der Waals surface area contributed by atoms with E-state index < -0.39 is 5.56 Å². The summed E-state index contributed by atoms with van der Waals surface area (Å²) in [6.07, 6.45) is 3.00. The fourth-order valence-corrected chi connectivity index (χ4v) is 4.48. The minimum Gasteiger partial charge on any atom is -0.345 e. The Bertz CT molecular complexity index is 1190. The Hall–Kier alpha value is -2.92. The zero-order valence-electron chi connectivity index (χ0n) is 17.5. The van der Waals surface area contributed by atoms with Gasteiger partial charge in [-0.3, -0.25) is 9.59 Å². The van der Waals surface area contributed by atoms with E-state index in [2.05, 4.69) is 10.3 Å². The van der Waals surface area contributed by atoms with E-state index in [-0.39, 0.29) is 28.7 Å². The third-order valence-electron chi connectivity index (χ3n) is 6.16. The molecule has 0 spiro atoms. The van der Waals surface area contributed by atoms with Gasteiger partial charge in [-0.15, -0.1) is 0 Å². The molecule has 160 valence electrons. The van der Waals surface area contributed by atoms with Crippen LogP contribution in [0.2, 0.25) is 5.02 Å². The number of aryl methyl sites for hydroxylation is 1. The van der Waals surface area contributed by atoms with Crippen molar-refractivity contribution in [3.05, 3.63) is 92.1 Å². The van der Waals surface area contributed by atoms with Gasteiger partial charge in [-0.1, -0.05) is 60.5 Å². The lowest BCUT2D eigenvalue weighted by Crippen LogP contribution is -2.37. The van der Waals surface area contributed by atoms with Crippen molar-refractivity contribution < 1.29 is 9.18 Å². The number of carbonyl (C=O) groups excluding carboxylic acids is 1. The highest BCUT2D eigenvalue weighted by molar-refractivity contribution is 6.31. The first-order chi connectivity index (χ1) is 14.9. The Morgan fingerprint density at radius 1 is 1.13 bits per heavy atom. The lowest BCUT2D eigenvalue weighted by Gasteiger charge is -2.36. The second-order valence-electron chi connectivity index (χ2n) is 8.11. The molecule has 1 saturated carbocycles. The molecule has 6 heteroatoms. The molecule has 4 rings (SSSR count). The van der Waals surface area contributed by atoms with Gasteiger partial charge in [0.1, 0.15) is 10.8 Å². The monoisotopic (exact) mass is 438 g/mol. The molecule has 1 heterocycles. The maximum atomic E-state index is 15.0. The number of benzene rings is 2. The molecular formula is C25H24ClFN2O2. The topological polar surface area (TPSA) is 62.0 Å². The standard InChI is InChI=1S/C25H24ClFN2O2/c1-14-20(15(2)28-25(31)22(14)26)24(30)29-23(17-10-6-11-17)18-12-7-13-19(27)21(18)16-8-4-3-5-9-16/h3-5,7-9,12-13,17,23H,6,10-11H2,1-2H3,(H,28,31)(H,29,30)/t23-/m0/s1. The van der Waals surface area contributed by atoms with Crippen molar-refractivity contribution >= 4 is 17.5 Å². The quantitative estimate of drug-likeness (QED) is 0.535. The molecule has 0 radical (unpaired) electrons. The molecule has 0 bridgehead atoms. The maximum Gasteiger partial charge on any atom is 0.267 e. The zero-order chi connectivity index (χ0) is 22.1. The summed E-state index contributed by atoms with van der Waals surface area (Å²) in [5, 5.41) is 3.14. The van der Waals surface area contributed by atoms with Crippen molar-refractivity contribution in [2.45, 2.75) is 39.2 Å². The minimum absolute atomic E-state index is 0.00618. The molecule has 1 fully saturated rings. The van der Waals surface area contributed by atoms with Crippen molar-refractivity contribution in [2.75, 3.05) is 0 Å². The van der Waals surface area contributed by atoms with Crippen LogP contribution in [0, 0.1) is 25.6 Å². The van der Waals surface area contributed by atoms with Gasteiger partial charge in [0.15, 0.2) is 0 Å². The summed E-state index contributed by atoms with van der Waals surface area (Å²) in [7, 11) is 0. The van der Waals surface area contributed by atoms with Crippen LogP contribution in [0.25, 0.3) is 11.1 Å². The lowest BCUT2D eigenvalue weighted by molar-refractivity contribution is 0.0899. The number of halogens is 2. The van der Waals surface area contributed by atoms with Gasteiger partial charge < -0.3 is 10.3 Å². The van der Waals surface area contributed by atoms with Crippen LogP contribution in [-0.4, -0.2) is 10.9 Å². The largest absolute Gasteiger partial charge is 0.345 e. The number of rotatable bonds is 5. The number of hydrogen-bond acceptors (Lipinski definition) is 2. The van der Waals surface area contributed by atoms with E-state index in [1.165, 1.54) is 6.07 Å². The van der Waals surface area contributed by atoms with Gasteiger partial charge in [-0.25, -0.2) is 4.39 Å². The number of hydrogen-bond donors (Lipinski definition) is 2. The zero-order valence-corrected chi connectivity index (χ0v) is 18.2. The SMILES string of the molecule is Cc1[nH]c(=O)c(Cl)c(C)c1C(=O)N[C@H](c1cccc(F)c1-c1ccccc1)C1CCC1. The van der Waals surface area contributed by atoms with Crippen LogP contribution in [-0.2, 0) is 0 Å². The molecular weight excluding hydrogens is 415 g/mol. The number of nitrogens with one attached hydrogen (secondary N) is 2. The highest BCUT2D eigenvalue weighted by atomic mass is 35.5. The summed E-state index contributed by atoms with van der Waals surface area (Å²) in [5.74, 6) is -0.429. The normalized spacial score (nSPS) is 14.7. The highest BCUT2D eigenvalue weighted by Crippen LogP contribution is 2.42. The molecule has 3 aromatic rings. The Kier molecular flexibility index (Phi) is 5.96. The van der Waals surface area contributed by atoms with Gasteiger partial charge in [0.25, 0.3) is 11.5 Å². The number of pyridine rings is 1. The van der Waals surface area contributed by atoms with Gasteiger partial charge in [0, 0.05) is 11.3 Å². The maximum absolute atomic E-state index is 15.0. The van der Waals surface area contributed by atoms with Crippen molar-refractivity contribution in [3.63, 3.8) is 0 Å². The summed E-state index contributed by atoms with van der Waals surface area (Å²) in [4.78, 5) is 27.9. The van der Waals surface area contributed by atoms with Gasteiger partial charge in [-0.05, 0) is 55.4 Å². The molecule has 1 atom stereocenters. The van der Waals surface area contributed by atoms with Crippen LogP contribution < -0.4 is 10.9 Å². The average Bonchev–Trinajstić information content (AvgIpc) is 2.71. The average molecular weight is 439 g/mol. The molecule has 31 heavy (non-hydrogen) atoms. The fourth-order valence-electron chi connectivity index (χ4n) is 4.34. The predicted molar refractivity (Wildman–Crippen MR) is 121 cm³/mol. The van der Waals surface area contributed by atoms with E-state index in [4.69, 9.17) is 11.6 Å². The molecule has 4 nitrogen and oxygen atoms in total. The van der Waals surface area contributed by atoms with Crippen molar-refractivity contribution in [2.24, 2.45) is 5.92 Å². The molecule has 1 aliphatic carbocycles. The van der Waals surface area contributed by atoms with Crippen LogP contribution in [0.5, 0.6) is 0 Å². The molecule has 0 saturated heterocycles. The number of amides is 1. The van der Waals surface area contributed by atoms with E-state index >= 15 is 0 Å². The number of aromatic amines is 1.